The number of rotatable bonds is 5. The highest BCUT2D eigenvalue weighted by Gasteiger charge is 2.39. The first-order chi connectivity index (χ1) is 9.56. The first-order valence-electron chi connectivity index (χ1n) is 7.07. The normalized spacial score (nSPS) is 13.9. The summed E-state index contributed by atoms with van der Waals surface area (Å²) in [5.74, 6) is -0.270. The second kappa shape index (κ2) is 6.94. The van der Waals surface area contributed by atoms with Crippen molar-refractivity contribution in [2.75, 3.05) is 7.11 Å². The molecule has 1 unspecified atom stereocenters. The predicted octanol–water partition coefficient (Wildman–Crippen LogP) is 4.97. The molecule has 0 N–H and O–H groups in total. The summed E-state index contributed by atoms with van der Waals surface area (Å²) in [4.78, 5) is 11.7. The maximum absolute atomic E-state index is 11.7. The lowest BCUT2D eigenvalue weighted by atomic mass is 10.1. The maximum Gasteiger partial charge on any atom is 0.308 e. The van der Waals surface area contributed by atoms with Gasteiger partial charge in [-0.25, -0.2) is 0 Å². The van der Waals surface area contributed by atoms with Crippen LogP contribution >= 0.6 is 11.6 Å². The third-order valence-corrected chi connectivity index (χ3v) is 8.80. The molecule has 1 aromatic rings. The first kappa shape index (κ1) is 18.2. The van der Waals surface area contributed by atoms with Crippen LogP contribution in [0.5, 0.6) is 0 Å². The average Bonchev–Trinajstić information content (AvgIpc) is 2.37. The Hall–Kier alpha value is -0.843. The summed E-state index contributed by atoms with van der Waals surface area (Å²) in [5.41, 5.74) is 0.953. The van der Waals surface area contributed by atoms with Crippen LogP contribution < -0.4 is 0 Å². The van der Waals surface area contributed by atoms with Crippen LogP contribution in [0.15, 0.2) is 24.3 Å². The fourth-order valence-corrected chi connectivity index (χ4v) is 3.08. The molecule has 1 aromatic carbocycles. The van der Waals surface area contributed by atoms with E-state index in [1.165, 1.54) is 7.11 Å². The van der Waals surface area contributed by atoms with E-state index >= 15 is 0 Å². The van der Waals surface area contributed by atoms with Crippen LogP contribution in [0.1, 0.15) is 38.9 Å². The van der Waals surface area contributed by atoms with Crippen LogP contribution in [0, 0.1) is 0 Å². The van der Waals surface area contributed by atoms with E-state index in [0.717, 1.165) is 5.56 Å². The van der Waals surface area contributed by atoms with Crippen molar-refractivity contribution in [2.45, 2.75) is 51.4 Å². The Morgan fingerprint density at radius 3 is 2.19 bits per heavy atom. The van der Waals surface area contributed by atoms with E-state index in [0.29, 0.717) is 5.02 Å². The van der Waals surface area contributed by atoms with Crippen molar-refractivity contribution in [3.63, 3.8) is 0 Å². The van der Waals surface area contributed by atoms with E-state index in [-0.39, 0.29) is 23.5 Å². The number of hydrogen-bond acceptors (Lipinski definition) is 3. The summed E-state index contributed by atoms with van der Waals surface area (Å²) in [5, 5.41) is 0.747. The number of esters is 1. The molecule has 118 valence electrons. The number of hydrogen-bond donors (Lipinski definition) is 0. The summed E-state index contributed by atoms with van der Waals surface area (Å²) >= 11 is 5.93. The van der Waals surface area contributed by atoms with Gasteiger partial charge in [0.1, 0.15) is 0 Å². The molecule has 5 heteroatoms. The van der Waals surface area contributed by atoms with Crippen molar-refractivity contribution in [2.24, 2.45) is 0 Å². The molecule has 0 aliphatic carbocycles. The van der Waals surface area contributed by atoms with Gasteiger partial charge in [0.25, 0.3) is 0 Å². The van der Waals surface area contributed by atoms with Crippen LogP contribution in [0.3, 0.4) is 0 Å². The van der Waals surface area contributed by atoms with Gasteiger partial charge in [-0.05, 0) is 35.8 Å². The van der Waals surface area contributed by atoms with Crippen molar-refractivity contribution in [3.8, 4) is 0 Å². The number of carbonyl (C=O) groups excluding carboxylic acids is 1. The molecule has 0 saturated heterocycles. The Morgan fingerprint density at radius 1 is 1.24 bits per heavy atom. The molecular formula is C16H25ClO3Si. The summed E-state index contributed by atoms with van der Waals surface area (Å²) < 4.78 is 11.2. The van der Waals surface area contributed by atoms with Crippen LogP contribution in [0.2, 0.25) is 23.2 Å². The van der Waals surface area contributed by atoms with Gasteiger partial charge in [-0.1, -0.05) is 44.5 Å². The Labute approximate surface area is 133 Å². The highest BCUT2D eigenvalue weighted by atomic mass is 35.5. The molecule has 0 saturated carbocycles. The highest BCUT2D eigenvalue weighted by Crippen LogP contribution is 2.40. The van der Waals surface area contributed by atoms with Crippen molar-refractivity contribution in [3.05, 3.63) is 34.9 Å². The maximum atomic E-state index is 11.7. The van der Waals surface area contributed by atoms with Gasteiger partial charge in [-0.15, -0.1) is 0 Å². The molecule has 3 nitrogen and oxygen atoms in total. The Balaban J connectivity index is 3.03. The third kappa shape index (κ3) is 5.13. The van der Waals surface area contributed by atoms with Crippen molar-refractivity contribution < 1.29 is 14.0 Å². The molecule has 0 radical (unpaired) electrons. The van der Waals surface area contributed by atoms with Gasteiger partial charge in [-0.3, -0.25) is 4.79 Å². The second-order valence-electron chi connectivity index (χ2n) is 6.70. The molecule has 0 amide bonds. The first-order valence-corrected chi connectivity index (χ1v) is 10.4. The fourth-order valence-electron chi connectivity index (χ4n) is 1.67. The number of ether oxygens (including phenoxy) is 1. The smallest absolute Gasteiger partial charge is 0.308 e. The third-order valence-electron chi connectivity index (χ3n) is 4.06. The van der Waals surface area contributed by atoms with Crippen LogP contribution in [0.25, 0.3) is 0 Å². The molecule has 0 aliphatic heterocycles. The Morgan fingerprint density at radius 2 is 1.76 bits per heavy atom. The highest BCUT2D eigenvalue weighted by molar-refractivity contribution is 6.74. The van der Waals surface area contributed by atoms with E-state index in [2.05, 4.69) is 33.9 Å². The van der Waals surface area contributed by atoms with Gasteiger partial charge in [0, 0.05) is 5.02 Å². The van der Waals surface area contributed by atoms with Crippen molar-refractivity contribution in [1.82, 2.24) is 0 Å². The predicted molar refractivity (Wildman–Crippen MR) is 89.1 cm³/mol. The molecule has 21 heavy (non-hydrogen) atoms. The van der Waals surface area contributed by atoms with Gasteiger partial charge in [0.2, 0.25) is 0 Å². The minimum absolute atomic E-state index is 0.0772. The lowest BCUT2D eigenvalue weighted by molar-refractivity contribution is -0.142. The number of benzene rings is 1. The summed E-state index contributed by atoms with van der Waals surface area (Å²) in [6.45, 7) is 10.9. The van der Waals surface area contributed by atoms with Crippen LogP contribution in [-0.4, -0.2) is 21.4 Å². The lowest BCUT2D eigenvalue weighted by Crippen LogP contribution is -2.42. The number of halogens is 1. The summed E-state index contributed by atoms with van der Waals surface area (Å²) in [6, 6.07) is 7.44. The van der Waals surface area contributed by atoms with Gasteiger partial charge in [-0.2, -0.15) is 0 Å². The van der Waals surface area contributed by atoms with E-state index in [9.17, 15) is 4.79 Å². The van der Waals surface area contributed by atoms with Crippen molar-refractivity contribution in [1.29, 1.82) is 0 Å². The number of methoxy groups -OCH3 is 1. The molecule has 0 spiro atoms. The summed E-state index contributed by atoms with van der Waals surface area (Å²) in [6.07, 6.45) is -0.0828. The fraction of sp³-hybridized carbons (Fsp3) is 0.562. The minimum Gasteiger partial charge on any atom is -0.469 e. The summed E-state index contributed by atoms with van der Waals surface area (Å²) in [7, 11) is -0.588. The topological polar surface area (TPSA) is 35.5 Å². The zero-order chi connectivity index (χ0) is 16.3. The van der Waals surface area contributed by atoms with E-state index in [1.807, 2.05) is 24.3 Å². The van der Waals surface area contributed by atoms with E-state index in [4.69, 9.17) is 20.8 Å². The molecule has 0 aliphatic rings. The van der Waals surface area contributed by atoms with E-state index in [1.54, 1.807) is 0 Å². The van der Waals surface area contributed by atoms with Gasteiger partial charge < -0.3 is 9.16 Å². The average molecular weight is 329 g/mol. The van der Waals surface area contributed by atoms with Gasteiger partial charge in [0.15, 0.2) is 8.32 Å². The largest absolute Gasteiger partial charge is 0.469 e. The van der Waals surface area contributed by atoms with Crippen LogP contribution in [-0.2, 0) is 14.0 Å². The Kier molecular flexibility index (Phi) is 6.02. The van der Waals surface area contributed by atoms with Gasteiger partial charge in [0.05, 0.1) is 19.6 Å². The molecule has 0 heterocycles. The monoisotopic (exact) mass is 328 g/mol. The molecule has 1 atom stereocenters. The van der Waals surface area contributed by atoms with E-state index < -0.39 is 8.32 Å². The Bertz CT molecular complexity index is 477. The lowest BCUT2D eigenvalue weighted by Gasteiger charge is -2.39. The molecule has 0 bridgehead atoms. The molecule has 1 rings (SSSR count). The van der Waals surface area contributed by atoms with Gasteiger partial charge >= 0.3 is 5.97 Å². The SMILES string of the molecule is COC(=O)CC(O[Si](C)(C)C(C)(C)C)c1ccc(Cl)cc1. The standard InChI is InChI=1S/C16H25ClO3Si/c1-16(2,3)21(5,6)20-14(11-15(18)19-4)12-7-9-13(17)10-8-12/h7-10,14H,11H2,1-6H3. The zero-order valence-corrected chi connectivity index (χ0v) is 15.5. The molecular weight excluding hydrogens is 304 g/mol. The molecule has 0 aromatic heterocycles. The van der Waals surface area contributed by atoms with Crippen molar-refractivity contribution >= 4 is 25.9 Å². The molecule has 0 fully saturated rings. The number of carbonyl (C=O) groups is 1. The quantitative estimate of drug-likeness (QED) is 0.565. The zero-order valence-electron chi connectivity index (χ0n) is 13.7. The minimum atomic E-state index is -1.98. The second-order valence-corrected chi connectivity index (χ2v) is 11.9. The van der Waals surface area contributed by atoms with Crippen LogP contribution in [0.4, 0.5) is 0 Å².